The van der Waals surface area contributed by atoms with E-state index in [9.17, 15) is 15.0 Å². The number of carbonyl (C=O) groups is 1. The summed E-state index contributed by atoms with van der Waals surface area (Å²) in [6.45, 7) is 0. The van der Waals surface area contributed by atoms with Crippen LogP contribution in [0.2, 0.25) is 0 Å². The van der Waals surface area contributed by atoms with Crippen LogP contribution in [0.15, 0.2) is 36.5 Å². The minimum Gasteiger partial charge on any atom is -0.481 e. The van der Waals surface area contributed by atoms with Crippen molar-refractivity contribution < 1.29 is 24.9 Å². The Morgan fingerprint density at radius 2 is 2.24 bits per heavy atom. The van der Waals surface area contributed by atoms with E-state index in [1.807, 2.05) is 24.3 Å². The Morgan fingerprint density at radius 1 is 1.40 bits per heavy atom. The molecular formula is C19H25NO5. The van der Waals surface area contributed by atoms with Crippen LogP contribution in [0.3, 0.4) is 0 Å². The van der Waals surface area contributed by atoms with Crippen LogP contribution in [0, 0.1) is 11.8 Å². The molecule has 1 aromatic rings. The molecule has 0 spiro atoms. The number of aryl methyl sites for hydroxylation is 1. The number of nitrogens with zero attached hydrogens (tertiary/aromatic N) is 1. The highest BCUT2D eigenvalue weighted by Crippen LogP contribution is 2.44. The van der Waals surface area contributed by atoms with E-state index in [2.05, 4.69) is 4.98 Å². The van der Waals surface area contributed by atoms with Crippen LogP contribution in [-0.2, 0) is 16.0 Å². The largest absolute Gasteiger partial charge is 0.481 e. The van der Waals surface area contributed by atoms with Crippen molar-refractivity contribution in [3.63, 3.8) is 0 Å². The van der Waals surface area contributed by atoms with Gasteiger partial charge in [0.1, 0.15) is 0 Å². The molecule has 1 saturated carbocycles. The quantitative estimate of drug-likeness (QED) is 0.647. The van der Waals surface area contributed by atoms with Gasteiger partial charge in [0.05, 0.1) is 30.8 Å². The number of rotatable bonds is 7. The normalized spacial score (nSPS) is 32.8. The molecule has 0 bridgehead atoms. The number of ether oxygens (including phenoxy) is 1. The first-order valence-electron chi connectivity index (χ1n) is 8.84. The number of carboxylic acids is 1. The Kier molecular flexibility index (Phi) is 5.83. The van der Waals surface area contributed by atoms with Crippen molar-refractivity contribution in [2.24, 2.45) is 11.8 Å². The summed E-state index contributed by atoms with van der Waals surface area (Å²) in [6.07, 6.45) is 6.35. The molecule has 0 radical (unpaired) electrons. The van der Waals surface area contributed by atoms with Gasteiger partial charge in [0.25, 0.3) is 0 Å². The number of pyridine rings is 1. The first-order valence-corrected chi connectivity index (χ1v) is 8.84. The molecule has 1 saturated heterocycles. The smallest absolute Gasteiger partial charge is 0.305 e. The summed E-state index contributed by atoms with van der Waals surface area (Å²) >= 11 is 0. The molecule has 3 N–H and O–H groups in total. The minimum absolute atomic E-state index is 0.00618. The number of aliphatic carboxylic acids is 1. The maximum Gasteiger partial charge on any atom is 0.305 e. The second-order valence-corrected chi connectivity index (χ2v) is 6.99. The molecule has 2 heterocycles. The Morgan fingerprint density at radius 3 is 2.96 bits per heavy atom. The molecule has 1 aromatic heterocycles. The zero-order chi connectivity index (χ0) is 17.8. The van der Waals surface area contributed by atoms with Crippen molar-refractivity contribution in [3.8, 4) is 0 Å². The average Bonchev–Trinajstić information content (AvgIpc) is 3.07. The summed E-state index contributed by atoms with van der Waals surface area (Å²) in [5, 5.41) is 29.3. The first-order chi connectivity index (χ1) is 12.0. The third-order valence-corrected chi connectivity index (χ3v) is 5.17. The molecule has 2 aliphatic rings. The lowest BCUT2D eigenvalue weighted by atomic mass is 9.89. The molecule has 0 aromatic carbocycles. The Hall–Kier alpha value is -1.76. The molecule has 3 rings (SSSR count). The molecule has 136 valence electrons. The van der Waals surface area contributed by atoms with Crippen LogP contribution in [0.5, 0.6) is 0 Å². The molecule has 1 unspecified atom stereocenters. The fourth-order valence-electron chi connectivity index (χ4n) is 3.97. The third kappa shape index (κ3) is 4.66. The number of hydrogen-bond acceptors (Lipinski definition) is 5. The molecule has 2 fully saturated rings. The van der Waals surface area contributed by atoms with Crippen molar-refractivity contribution >= 4 is 5.97 Å². The van der Waals surface area contributed by atoms with Crippen LogP contribution >= 0.6 is 0 Å². The van der Waals surface area contributed by atoms with Gasteiger partial charge in [-0.25, -0.2) is 0 Å². The number of aliphatic hydroxyl groups is 2. The molecule has 0 amide bonds. The second-order valence-electron chi connectivity index (χ2n) is 6.99. The van der Waals surface area contributed by atoms with E-state index in [-0.39, 0.29) is 30.5 Å². The number of aliphatic hydroxyl groups excluding tert-OH is 2. The molecule has 1 aliphatic carbocycles. The monoisotopic (exact) mass is 347 g/mol. The van der Waals surface area contributed by atoms with Crippen molar-refractivity contribution in [3.05, 3.63) is 42.2 Å². The van der Waals surface area contributed by atoms with Gasteiger partial charge in [-0.1, -0.05) is 18.2 Å². The van der Waals surface area contributed by atoms with E-state index >= 15 is 0 Å². The van der Waals surface area contributed by atoms with Gasteiger partial charge in [0.2, 0.25) is 0 Å². The van der Waals surface area contributed by atoms with Crippen molar-refractivity contribution in [2.45, 2.75) is 56.5 Å². The van der Waals surface area contributed by atoms with Crippen LogP contribution < -0.4 is 0 Å². The van der Waals surface area contributed by atoms with E-state index in [4.69, 9.17) is 9.84 Å². The summed E-state index contributed by atoms with van der Waals surface area (Å²) < 4.78 is 5.76. The van der Waals surface area contributed by atoms with Gasteiger partial charge in [-0.2, -0.15) is 0 Å². The lowest BCUT2D eigenvalue weighted by molar-refractivity contribution is -0.140. The Balaban J connectivity index is 1.52. The van der Waals surface area contributed by atoms with Gasteiger partial charge in [-0.05, 0) is 37.3 Å². The van der Waals surface area contributed by atoms with E-state index in [0.29, 0.717) is 25.7 Å². The van der Waals surface area contributed by atoms with Crippen molar-refractivity contribution in [2.75, 3.05) is 0 Å². The highest BCUT2D eigenvalue weighted by atomic mass is 16.5. The summed E-state index contributed by atoms with van der Waals surface area (Å²) in [5.41, 5.74) is 0.941. The summed E-state index contributed by atoms with van der Waals surface area (Å²) in [7, 11) is 0. The van der Waals surface area contributed by atoms with Gasteiger partial charge < -0.3 is 20.1 Å². The maximum absolute atomic E-state index is 10.8. The summed E-state index contributed by atoms with van der Waals surface area (Å²) in [6, 6.07) is 5.71. The number of aromatic nitrogens is 1. The zero-order valence-electron chi connectivity index (χ0n) is 14.1. The lowest BCUT2D eigenvalue weighted by Gasteiger charge is -2.17. The van der Waals surface area contributed by atoms with Crippen molar-refractivity contribution in [1.29, 1.82) is 0 Å². The predicted octanol–water partition coefficient (Wildman–Crippen LogP) is 1.56. The molecular weight excluding hydrogens is 322 g/mol. The van der Waals surface area contributed by atoms with Gasteiger partial charge in [0.15, 0.2) is 0 Å². The van der Waals surface area contributed by atoms with E-state index < -0.39 is 18.2 Å². The summed E-state index contributed by atoms with van der Waals surface area (Å²) in [5.74, 6) is -0.825. The number of carboxylic acid groups (broad SMARTS) is 1. The van der Waals surface area contributed by atoms with Gasteiger partial charge in [0, 0.05) is 24.2 Å². The van der Waals surface area contributed by atoms with E-state index in [0.717, 1.165) is 5.69 Å². The second kappa shape index (κ2) is 8.08. The van der Waals surface area contributed by atoms with Crippen LogP contribution in [0.25, 0.3) is 0 Å². The fourth-order valence-corrected chi connectivity index (χ4v) is 3.97. The highest BCUT2D eigenvalue weighted by molar-refractivity contribution is 5.67. The molecule has 25 heavy (non-hydrogen) atoms. The topological polar surface area (TPSA) is 99.9 Å². The lowest BCUT2D eigenvalue weighted by Crippen LogP contribution is -2.20. The van der Waals surface area contributed by atoms with Gasteiger partial charge in [-0.15, -0.1) is 0 Å². The molecule has 1 aliphatic heterocycles. The van der Waals surface area contributed by atoms with Crippen LogP contribution in [0.1, 0.15) is 31.4 Å². The third-order valence-electron chi connectivity index (χ3n) is 5.17. The highest BCUT2D eigenvalue weighted by Gasteiger charge is 2.48. The van der Waals surface area contributed by atoms with E-state index in [1.54, 1.807) is 12.3 Å². The molecule has 6 atom stereocenters. The van der Waals surface area contributed by atoms with Crippen LogP contribution in [-0.4, -0.2) is 50.7 Å². The standard InChI is InChI=1S/C19H25NO5/c21-13(5-4-12-3-1-2-8-20-12)6-7-15-16-9-14(10-19(23)24)25-18(16)11-17(15)22/h1-3,6-8,13-18,21-22H,4-5,9-11H2,(H,23,24)/b7-6+/t13-,14?,15+,16+,17+,18-/m0/s1. The molecule has 6 nitrogen and oxygen atoms in total. The average molecular weight is 347 g/mol. The first kappa shape index (κ1) is 18.0. The zero-order valence-corrected chi connectivity index (χ0v) is 14.1. The van der Waals surface area contributed by atoms with Crippen molar-refractivity contribution in [1.82, 2.24) is 4.98 Å². The van der Waals surface area contributed by atoms with Gasteiger partial charge >= 0.3 is 5.97 Å². The Labute approximate surface area is 147 Å². The predicted molar refractivity (Wildman–Crippen MR) is 90.8 cm³/mol. The van der Waals surface area contributed by atoms with E-state index in [1.165, 1.54) is 0 Å². The SMILES string of the molecule is O=C(O)CC1C[C@@H]2[C@@H](/C=C/[C@@H](O)CCc3ccccn3)[C@H](O)C[C@@H]2O1. The maximum atomic E-state index is 10.8. The Bertz CT molecular complexity index is 605. The molecule has 6 heteroatoms. The fraction of sp³-hybridized carbons (Fsp3) is 0.579. The van der Waals surface area contributed by atoms with Crippen LogP contribution in [0.4, 0.5) is 0 Å². The minimum atomic E-state index is -0.859. The summed E-state index contributed by atoms with van der Waals surface area (Å²) in [4.78, 5) is 15.1. The number of hydrogen-bond donors (Lipinski definition) is 3. The number of fused-ring (bicyclic) bond motifs is 1. The van der Waals surface area contributed by atoms with Gasteiger partial charge in [-0.3, -0.25) is 9.78 Å².